The van der Waals surface area contributed by atoms with Crippen LogP contribution in [-0.2, 0) is 10.0 Å². The molecular formula is C9H14N2O2S. The van der Waals surface area contributed by atoms with Crippen molar-refractivity contribution in [1.29, 1.82) is 0 Å². The lowest BCUT2D eigenvalue weighted by atomic mass is 10.4. The Balaban J connectivity index is 2.77. The van der Waals surface area contributed by atoms with Gasteiger partial charge in [-0.05, 0) is 19.1 Å². The Morgan fingerprint density at radius 1 is 1.36 bits per heavy atom. The molecule has 0 saturated carbocycles. The van der Waals surface area contributed by atoms with E-state index < -0.39 is 10.0 Å². The third-order valence-electron chi connectivity index (χ3n) is 1.65. The van der Waals surface area contributed by atoms with Crippen LogP contribution >= 0.6 is 0 Å². The fourth-order valence-electron chi connectivity index (χ4n) is 0.924. The summed E-state index contributed by atoms with van der Waals surface area (Å²) in [5, 5.41) is 0. The average Bonchev–Trinajstić information content (AvgIpc) is 2.16. The molecule has 0 saturated heterocycles. The minimum absolute atomic E-state index is 0.187. The van der Waals surface area contributed by atoms with E-state index in [1.807, 2.05) is 0 Å². The maximum atomic E-state index is 11.6. The van der Waals surface area contributed by atoms with Crippen LogP contribution in [0, 0.1) is 0 Å². The molecule has 1 rings (SSSR count). The zero-order chi connectivity index (χ0) is 10.6. The topological polar surface area (TPSA) is 72.2 Å². The SMILES string of the molecule is CC(N)CNS(=O)(=O)c1ccccc1. The monoisotopic (exact) mass is 214 g/mol. The lowest BCUT2D eigenvalue weighted by Gasteiger charge is -2.08. The van der Waals surface area contributed by atoms with Crippen molar-refractivity contribution in [2.24, 2.45) is 5.73 Å². The maximum absolute atomic E-state index is 11.6. The van der Waals surface area contributed by atoms with E-state index in [2.05, 4.69) is 4.72 Å². The van der Waals surface area contributed by atoms with Crippen LogP contribution in [0.4, 0.5) is 0 Å². The second-order valence-corrected chi connectivity index (χ2v) is 4.91. The number of hydrogen-bond donors (Lipinski definition) is 2. The highest BCUT2D eigenvalue weighted by Crippen LogP contribution is 2.06. The molecule has 0 heterocycles. The average molecular weight is 214 g/mol. The van der Waals surface area contributed by atoms with Crippen LogP contribution in [0.2, 0.25) is 0 Å². The van der Waals surface area contributed by atoms with E-state index in [-0.39, 0.29) is 17.5 Å². The Kier molecular flexibility index (Phi) is 3.62. The Bertz CT molecular complexity index is 373. The predicted octanol–water partition coefficient (Wildman–Crippen LogP) is 0.312. The summed E-state index contributed by atoms with van der Waals surface area (Å²) in [6, 6.07) is 8.03. The molecule has 14 heavy (non-hydrogen) atoms. The summed E-state index contributed by atoms with van der Waals surface area (Å²) in [4.78, 5) is 0.264. The number of sulfonamides is 1. The summed E-state index contributed by atoms with van der Waals surface area (Å²) in [6.07, 6.45) is 0. The second-order valence-electron chi connectivity index (χ2n) is 3.14. The van der Waals surface area contributed by atoms with Gasteiger partial charge in [-0.2, -0.15) is 0 Å². The van der Waals surface area contributed by atoms with Crippen LogP contribution in [0.25, 0.3) is 0 Å². The minimum Gasteiger partial charge on any atom is -0.327 e. The molecule has 0 aliphatic rings. The highest BCUT2D eigenvalue weighted by atomic mass is 32.2. The number of hydrogen-bond acceptors (Lipinski definition) is 3. The van der Waals surface area contributed by atoms with E-state index >= 15 is 0 Å². The van der Waals surface area contributed by atoms with Crippen molar-refractivity contribution in [3.63, 3.8) is 0 Å². The highest BCUT2D eigenvalue weighted by Gasteiger charge is 2.12. The van der Waals surface area contributed by atoms with Crippen molar-refractivity contribution in [2.45, 2.75) is 17.9 Å². The standard InChI is InChI=1S/C9H14N2O2S/c1-8(10)7-11-14(12,13)9-5-3-2-4-6-9/h2-6,8,11H,7,10H2,1H3. The molecule has 0 aliphatic carbocycles. The van der Waals surface area contributed by atoms with Gasteiger partial charge in [0.25, 0.3) is 0 Å². The zero-order valence-corrected chi connectivity index (χ0v) is 8.79. The molecule has 0 fully saturated rings. The van der Waals surface area contributed by atoms with Gasteiger partial charge in [0.1, 0.15) is 0 Å². The summed E-state index contributed by atoms with van der Waals surface area (Å²) < 4.78 is 25.6. The van der Waals surface area contributed by atoms with Crippen molar-refractivity contribution >= 4 is 10.0 Å². The summed E-state index contributed by atoms with van der Waals surface area (Å²) in [7, 11) is -3.39. The molecule has 78 valence electrons. The molecule has 4 nitrogen and oxygen atoms in total. The molecule has 1 aromatic carbocycles. The Morgan fingerprint density at radius 3 is 2.43 bits per heavy atom. The molecule has 5 heteroatoms. The molecule has 0 spiro atoms. The lowest BCUT2D eigenvalue weighted by Crippen LogP contribution is -2.35. The van der Waals surface area contributed by atoms with Gasteiger partial charge in [-0.1, -0.05) is 18.2 Å². The third kappa shape index (κ3) is 3.10. The van der Waals surface area contributed by atoms with Gasteiger partial charge in [-0.25, -0.2) is 13.1 Å². The van der Waals surface area contributed by atoms with Gasteiger partial charge in [-0.15, -0.1) is 0 Å². The molecule has 1 atom stereocenters. The van der Waals surface area contributed by atoms with Crippen LogP contribution in [-0.4, -0.2) is 21.0 Å². The first-order valence-electron chi connectivity index (χ1n) is 4.32. The lowest BCUT2D eigenvalue weighted by molar-refractivity contribution is 0.574. The molecule has 0 aliphatic heterocycles. The molecule has 0 aromatic heterocycles. The summed E-state index contributed by atoms with van der Waals surface area (Å²) in [5.41, 5.74) is 5.45. The van der Waals surface area contributed by atoms with Crippen molar-refractivity contribution in [3.8, 4) is 0 Å². The van der Waals surface area contributed by atoms with Crippen LogP contribution < -0.4 is 10.5 Å². The fourth-order valence-corrected chi connectivity index (χ4v) is 2.09. The number of rotatable bonds is 4. The zero-order valence-electron chi connectivity index (χ0n) is 7.97. The van der Waals surface area contributed by atoms with Crippen molar-refractivity contribution in [2.75, 3.05) is 6.54 Å². The van der Waals surface area contributed by atoms with Gasteiger partial charge < -0.3 is 5.73 Å². The van der Waals surface area contributed by atoms with E-state index in [1.54, 1.807) is 37.3 Å². The van der Waals surface area contributed by atoms with Gasteiger partial charge in [0, 0.05) is 12.6 Å². The fraction of sp³-hybridized carbons (Fsp3) is 0.333. The van der Waals surface area contributed by atoms with Crippen LogP contribution in [0.15, 0.2) is 35.2 Å². The van der Waals surface area contributed by atoms with Crippen molar-refractivity contribution in [1.82, 2.24) is 4.72 Å². The number of nitrogens with one attached hydrogen (secondary N) is 1. The Labute approximate surface area is 84.2 Å². The minimum atomic E-state index is -3.39. The van der Waals surface area contributed by atoms with E-state index in [0.717, 1.165) is 0 Å². The van der Waals surface area contributed by atoms with E-state index in [0.29, 0.717) is 0 Å². The van der Waals surface area contributed by atoms with Crippen molar-refractivity contribution in [3.05, 3.63) is 30.3 Å². The molecular weight excluding hydrogens is 200 g/mol. The van der Waals surface area contributed by atoms with Gasteiger partial charge in [0.15, 0.2) is 0 Å². The number of nitrogens with two attached hydrogens (primary N) is 1. The van der Waals surface area contributed by atoms with E-state index in [9.17, 15) is 8.42 Å². The number of benzene rings is 1. The first-order valence-corrected chi connectivity index (χ1v) is 5.81. The normalized spacial score (nSPS) is 13.9. The summed E-state index contributed by atoms with van der Waals surface area (Å²) in [6.45, 7) is 1.99. The molecule has 3 N–H and O–H groups in total. The summed E-state index contributed by atoms with van der Waals surface area (Å²) >= 11 is 0. The maximum Gasteiger partial charge on any atom is 0.240 e. The molecule has 0 bridgehead atoms. The largest absolute Gasteiger partial charge is 0.327 e. The van der Waals surface area contributed by atoms with Crippen LogP contribution in [0.1, 0.15) is 6.92 Å². The smallest absolute Gasteiger partial charge is 0.240 e. The first-order chi connectivity index (χ1) is 6.52. The van der Waals surface area contributed by atoms with Gasteiger partial charge in [-0.3, -0.25) is 0 Å². The summed E-state index contributed by atoms with van der Waals surface area (Å²) in [5.74, 6) is 0. The van der Waals surface area contributed by atoms with Gasteiger partial charge >= 0.3 is 0 Å². The van der Waals surface area contributed by atoms with E-state index in [1.165, 1.54) is 0 Å². The predicted molar refractivity (Wildman–Crippen MR) is 55.3 cm³/mol. The van der Waals surface area contributed by atoms with Crippen molar-refractivity contribution < 1.29 is 8.42 Å². The highest BCUT2D eigenvalue weighted by molar-refractivity contribution is 7.89. The Hall–Kier alpha value is -0.910. The van der Waals surface area contributed by atoms with Crippen LogP contribution in [0.3, 0.4) is 0 Å². The second kappa shape index (κ2) is 4.54. The first kappa shape index (κ1) is 11.2. The Morgan fingerprint density at radius 2 is 1.93 bits per heavy atom. The molecule has 0 radical (unpaired) electrons. The molecule has 0 amide bonds. The van der Waals surface area contributed by atoms with Gasteiger partial charge in [0.05, 0.1) is 4.90 Å². The molecule has 1 aromatic rings. The quantitative estimate of drug-likeness (QED) is 0.757. The van der Waals surface area contributed by atoms with Crippen LogP contribution in [0.5, 0.6) is 0 Å². The third-order valence-corrected chi connectivity index (χ3v) is 3.09. The van der Waals surface area contributed by atoms with E-state index in [4.69, 9.17) is 5.73 Å². The molecule has 1 unspecified atom stereocenters. The van der Waals surface area contributed by atoms with Gasteiger partial charge in [0.2, 0.25) is 10.0 Å².